The summed E-state index contributed by atoms with van der Waals surface area (Å²) in [7, 11) is 1.31. The minimum Gasteiger partial charge on any atom is -0.330 e. The fourth-order valence-electron chi connectivity index (χ4n) is 3.62. The highest BCUT2D eigenvalue weighted by Crippen LogP contribution is 2.36. The molecule has 1 aromatic carbocycles. The highest BCUT2D eigenvalue weighted by Gasteiger charge is 2.37. The number of aromatic nitrogens is 2. The molecule has 0 bridgehead atoms. The summed E-state index contributed by atoms with van der Waals surface area (Å²) in [6.07, 6.45) is 1.90. The van der Waals surface area contributed by atoms with E-state index in [4.69, 9.17) is 5.73 Å². The number of alkyl halides is 3. The molecule has 8 heteroatoms. The van der Waals surface area contributed by atoms with Crippen LogP contribution in [0.15, 0.2) is 30.6 Å². The Morgan fingerprint density at radius 2 is 1.85 bits per heavy atom. The first-order chi connectivity index (χ1) is 12.8. The molecule has 1 saturated carbocycles. The van der Waals surface area contributed by atoms with Crippen molar-refractivity contribution in [3.05, 3.63) is 36.3 Å². The average Bonchev–Trinajstić information content (AvgIpc) is 3.04. The van der Waals surface area contributed by atoms with Gasteiger partial charge in [-0.3, -0.25) is 4.79 Å². The molecule has 5 nitrogen and oxygen atoms in total. The fourth-order valence-corrected chi connectivity index (χ4v) is 3.62. The van der Waals surface area contributed by atoms with Gasteiger partial charge in [-0.15, -0.1) is 0 Å². The molecule has 1 aliphatic rings. The zero-order valence-electron chi connectivity index (χ0n) is 15.1. The van der Waals surface area contributed by atoms with Crippen LogP contribution in [0.4, 0.5) is 18.9 Å². The average molecular weight is 380 g/mol. The molecule has 0 aliphatic heterocycles. The molecule has 0 unspecified atom stereocenters. The number of imidazole rings is 1. The van der Waals surface area contributed by atoms with Crippen molar-refractivity contribution in [2.45, 2.75) is 44.3 Å². The maximum Gasteiger partial charge on any atom is 0.433 e. The summed E-state index contributed by atoms with van der Waals surface area (Å²) in [5.41, 5.74) is 5.97. The molecule has 1 heterocycles. The van der Waals surface area contributed by atoms with E-state index in [2.05, 4.69) is 10.3 Å². The van der Waals surface area contributed by atoms with E-state index >= 15 is 0 Å². The Hall–Kier alpha value is -2.35. The molecule has 2 aromatic rings. The lowest BCUT2D eigenvalue weighted by molar-refractivity contribution is -0.142. The topological polar surface area (TPSA) is 72.9 Å². The van der Waals surface area contributed by atoms with Crippen molar-refractivity contribution < 1.29 is 18.0 Å². The standard InChI is InChI=1S/C19H23F3N4O/c1-26-11-24-16(17(26)19(20,21)22)13-7-9-14(10-8-13)25-18(27)15(23)12-5-3-2-4-6-12/h7-12,15H,2-6,23H2,1H3,(H,25,27)/t15-/m0/s1. The normalized spacial score (nSPS) is 16.9. The Morgan fingerprint density at radius 1 is 1.22 bits per heavy atom. The molecule has 1 fully saturated rings. The number of anilines is 1. The van der Waals surface area contributed by atoms with Gasteiger partial charge < -0.3 is 15.6 Å². The van der Waals surface area contributed by atoms with E-state index in [1.165, 1.54) is 25.6 Å². The Bertz CT molecular complexity index is 792. The number of nitrogens with two attached hydrogens (primary N) is 1. The number of aryl methyl sites for hydroxylation is 1. The second kappa shape index (κ2) is 7.72. The Kier molecular flexibility index (Phi) is 5.55. The first-order valence-corrected chi connectivity index (χ1v) is 9.03. The predicted molar refractivity (Wildman–Crippen MR) is 96.8 cm³/mol. The molecule has 0 saturated heterocycles. The number of nitrogens with zero attached hydrogens (tertiary/aromatic N) is 2. The van der Waals surface area contributed by atoms with Crippen LogP contribution in [0, 0.1) is 5.92 Å². The quantitative estimate of drug-likeness (QED) is 0.844. The van der Waals surface area contributed by atoms with Crippen LogP contribution in [-0.2, 0) is 18.0 Å². The summed E-state index contributed by atoms with van der Waals surface area (Å²) in [5.74, 6) is -0.0793. The number of nitrogens with one attached hydrogen (secondary N) is 1. The fraction of sp³-hybridized carbons (Fsp3) is 0.474. The molecule has 1 atom stereocenters. The molecule has 27 heavy (non-hydrogen) atoms. The van der Waals surface area contributed by atoms with Gasteiger partial charge in [0.05, 0.1) is 12.4 Å². The first-order valence-electron chi connectivity index (χ1n) is 9.03. The largest absolute Gasteiger partial charge is 0.433 e. The summed E-state index contributed by atoms with van der Waals surface area (Å²) in [6, 6.07) is 5.59. The number of carbonyl (C=O) groups excluding carboxylic acids is 1. The highest BCUT2D eigenvalue weighted by molar-refractivity contribution is 5.95. The van der Waals surface area contributed by atoms with Gasteiger partial charge >= 0.3 is 6.18 Å². The zero-order valence-corrected chi connectivity index (χ0v) is 15.1. The van der Waals surface area contributed by atoms with E-state index in [0.29, 0.717) is 11.3 Å². The van der Waals surface area contributed by atoms with Crippen LogP contribution in [0.3, 0.4) is 0 Å². The van der Waals surface area contributed by atoms with E-state index in [-0.39, 0.29) is 17.5 Å². The zero-order chi connectivity index (χ0) is 19.6. The minimum atomic E-state index is -4.50. The number of benzene rings is 1. The predicted octanol–water partition coefficient (Wildman–Crippen LogP) is 3.95. The SMILES string of the molecule is Cn1cnc(-c2ccc(NC(=O)[C@@H](N)C3CCCCC3)cc2)c1C(F)(F)F. The van der Waals surface area contributed by atoms with Gasteiger partial charge in [-0.2, -0.15) is 13.2 Å². The van der Waals surface area contributed by atoms with Crippen molar-refractivity contribution in [1.29, 1.82) is 0 Å². The van der Waals surface area contributed by atoms with Crippen molar-refractivity contribution in [3.63, 3.8) is 0 Å². The Labute approximate surface area is 155 Å². The molecule has 1 amide bonds. The monoisotopic (exact) mass is 380 g/mol. The molecular formula is C19H23F3N4O. The third-order valence-electron chi connectivity index (χ3n) is 5.09. The lowest BCUT2D eigenvalue weighted by Gasteiger charge is -2.26. The van der Waals surface area contributed by atoms with Crippen molar-refractivity contribution in [3.8, 4) is 11.3 Å². The van der Waals surface area contributed by atoms with Crippen LogP contribution in [0.5, 0.6) is 0 Å². The van der Waals surface area contributed by atoms with E-state index in [1.807, 2.05) is 0 Å². The van der Waals surface area contributed by atoms with E-state index in [9.17, 15) is 18.0 Å². The third kappa shape index (κ3) is 4.32. The van der Waals surface area contributed by atoms with Gasteiger partial charge in [-0.1, -0.05) is 31.4 Å². The van der Waals surface area contributed by atoms with Gasteiger partial charge in [0, 0.05) is 18.3 Å². The smallest absolute Gasteiger partial charge is 0.330 e. The summed E-state index contributed by atoms with van der Waals surface area (Å²) in [5, 5.41) is 2.76. The number of amides is 1. The van der Waals surface area contributed by atoms with Gasteiger partial charge in [0.2, 0.25) is 5.91 Å². The van der Waals surface area contributed by atoms with Crippen molar-refractivity contribution in [1.82, 2.24) is 9.55 Å². The van der Waals surface area contributed by atoms with E-state index in [1.54, 1.807) is 12.1 Å². The molecule has 0 spiro atoms. The second-order valence-electron chi connectivity index (χ2n) is 7.04. The number of hydrogen-bond donors (Lipinski definition) is 2. The maximum atomic E-state index is 13.2. The molecule has 1 aliphatic carbocycles. The third-order valence-corrected chi connectivity index (χ3v) is 5.09. The van der Waals surface area contributed by atoms with Gasteiger partial charge in [0.1, 0.15) is 5.69 Å². The summed E-state index contributed by atoms with van der Waals surface area (Å²) < 4.78 is 40.6. The van der Waals surface area contributed by atoms with Crippen LogP contribution in [-0.4, -0.2) is 21.5 Å². The lowest BCUT2D eigenvalue weighted by Crippen LogP contribution is -2.42. The van der Waals surface area contributed by atoms with E-state index < -0.39 is 17.9 Å². The molecule has 3 rings (SSSR count). The lowest BCUT2D eigenvalue weighted by atomic mass is 9.84. The van der Waals surface area contributed by atoms with Crippen molar-refractivity contribution in [2.24, 2.45) is 18.7 Å². The van der Waals surface area contributed by atoms with Gasteiger partial charge in [-0.05, 0) is 30.9 Å². The molecule has 1 aromatic heterocycles. The summed E-state index contributed by atoms with van der Waals surface area (Å²) >= 11 is 0. The molecule has 146 valence electrons. The highest BCUT2D eigenvalue weighted by atomic mass is 19.4. The molecular weight excluding hydrogens is 357 g/mol. The summed E-state index contributed by atoms with van der Waals surface area (Å²) in [6.45, 7) is 0. The van der Waals surface area contributed by atoms with Crippen LogP contribution < -0.4 is 11.1 Å². The maximum absolute atomic E-state index is 13.2. The Balaban J connectivity index is 1.72. The number of halogens is 3. The van der Waals surface area contributed by atoms with Crippen LogP contribution in [0.1, 0.15) is 37.8 Å². The number of carbonyl (C=O) groups is 1. The van der Waals surface area contributed by atoms with E-state index in [0.717, 1.165) is 36.6 Å². The van der Waals surface area contributed by atoms with Crippen molar-refractivity contribution in [2.75, 3.05) is 5.32 Å². The van der Waals surface area contributed by atoms with Gasteiger partial charge in [0.15, 0.2) is 5.69 Å². The number of hydrogen-bond acceptors (Lipinski definition) is 3. The van der Waals surface area contributed by atoms with Gasteiger partial charge in [-0.25, -0.2) is 4.98 Å². The Morgan fingerprint density at radius 3 is 2.44 bits per heavy atom. The number of rotatable bonds is 4. The molecule has 3 N–H and O–H groups in total. The van der Waals surface area contributed by atoms with Crippen LogP contribution >= 0.6 is 0 Å². The summed E-state index contributed by atoms with van der Waals surface area (Å²) in [4.78, 5) is 16.2. The second-order valence-corrected chi connectivity index (χ2v) is 7.04. The van der Waals surface area contributed by atoms with Gasteiger partial charge in [0.25, 0.3) is 0 Å². The van der Waals surface area contributed by atoms with Crippen LogP contribution in [0.25, 0.3) is 11.3 Å². The van der Waals surface area contributed by atoms with Crippen molar-refractivity contribution >= 4 is 11.6 Å². The minimum absolute atomic E-state index is 0.137. The van der Waals surface area contributed by atoms with Crippen LogP contribution in [0.2, 0.25) is 0 Å². The molecule has 0 radical (unpaired) electrons. The first kappa shape index (κ1) is 19.4.